The number of carbonyl (C=O) groups is 1. The molecule has 1 aliphatic rings. The second kappa shape index (κ2) is 4.18. The van der Waals surface area contributed by atoms with E-state index in [1.807, 2.05) is 24.3 Å². The molecule has 1 N–H and O–H groups in total. The fourth-order valence-electron chi connectivity index (χ4n) is 1.61. The van der Waals surface area contributed by atoms with E-state index in [2.05, 4.69) is 15.9 Å². The fraction of sp³-hybridized carbons (Fsp3) is 0.364. The molecule has 0 heterocycles. The molecule has 0 atom stereocenters. The molecular weight excluding hydrogens is 276 g/mol. The van der Waals surface area contributed by atoms with Gasteiger partial charge in [0, 0.05) is 9.37 Å². The van der Waals surface area contributed by atoms with E-state index in [0.717, 1.165) is 28.6 Å². The summed E-state index contributed by atoms with van der Waals surface area (Å²) in [6.45, 7) is 0. The first-order chi connectivity index (χ1) is 7.12. The number of carboxylic acids is 1. The molecule has 1 aromatic rings. The number of carboxylic acid groups (broad SMARTS) is 1. The zero-order valence-corrected chi connectivity index (χ0v) is 10.5. The van der Waals surface area contributed by atoms with E-state index in [9.17, 15) is 9.90 Å². The van der Waals surface area contributed by atoms with Crippen molar-refractivity contribution in [1.82, 2.24) is 0 Å². The monoisotopic (exact) mass is 286 g/mol. The molecule has 1 saturated carbocycles. The van der Waals surface area contributed by atoms with Gasteiger partial charge in [-0.3, -0.25) is 4.79 Å². The van der Waals surface area contributed by atoms with Gasteiger partial charge in [0.05, 0.1) is 0 Å². The first-order valence-corrected chi connectivity index (χ1v) is 6.41. The number of rotatable bonds is 3. The Labute approximate surface area is 101 Å². The Hall–Kier alpha value is -0.480. The standard InChI is InChI=1S/C11H11BrO2S/c12-8-3-1-4-9(7-8)15-11(10(13)14)5-2-6-11/h1,3-4,7H,2,5-6H2,(H,13,14). The van der Waals surface area contributed by atoms with E-state index in [0.29, 0.717) is 0 Å². The van der Waals surface area contributed by atoms with Gasteiger partial charge < -0.3 is 5.11 Å². The summed E-state index contributed by atoms with van der Waals surface area (Å²) in [5.41, 5.74) is 0. The quantitative estimate of drug-likeness (QED) is 0.923. The summed E-state index contributed by atoms with van der Waals surface area (Å²) in [5.74, 6) is -0.682. The van der Waals surface area contributed by atoms with Crippen molar-refractivity contribution in [3.8, 4) is 0 Å². The van der Waals surface area contributed by atoms with Crippen LogP contribution in [-0.4, -0.2) is 15.8 Å². The van der Waals surface area contributed by atoms with Crippen LogP contribution in [0.4, 0.5) is 0 Å². The van der Waals surface area contributed by atoms with Crippen LogP contribution in [0, 0.1) is 0 Å². The van der Waals surface area contributed by atoms with Gasteiger partial charge in [-0.15, -0.1) is 11.8 Å². The summed E-state index contributed by atoms with van der Waals surface area (Å²) < 4.78 is 0.424. The second-order valence-electron chi connectivity index (χ2n) is 3.71. The molecule has 1 aromatic carbocycles. The highest BCUT2D eigenvalue weighted by atomic mass is 79.9. The molecule has 0 aliphatic heterocycles. The third kappa shape index (κ3) is 2.21. The van der Waals surface area contributed by atoms with Crippen LogP contribution in [0.2, 0.25) is 0 Å². The van der Waals surface area contributed by atoms with Crippen LogP contribution in [0.1, 0.15) is 19.3 Å². The molecule has 0 radical (unpaired) electrons. The van der Waals surface area contributed by atoms with Crippen molar-refractivity contribution in [2.75, 3.05) is 0 Å². The lowest BCUT2D eigenvalue weighted by Gasteiger charge is -2.36. The lowest BCUT2D eigenvalue weighted by atomic mass is 9.84. The maximum atomic E-state index is 11.2. The van der Waals surface area contributed by atoms with Crippen LogP contribution in [0.15, 0.2) is 33.6 Å². The Morgan fingerprint density at radius 3 is 2.67 bits per heavy atom. The summed E-state index contributed by atoms with van der Waals surface area (Å²) in [5, 5.41) is 9.18. The largest absolute Gasteiger partial charge is 0.480 e. The molecule has 2 rings (SSSR count). The van der Waals surface area contributed by atoms with Gasteiger partial charge in [-0.05, 0) is 37.5 Å². The van der Waals surface area contributed by atoms with Gasteiger partial charge in [-0.25, -0.2) is 0 Å². The minimum Gasteiger partial charge on any atom is -0.480 e. The lowest BCUT2D eigenvalue weighted by Crippen LogP contribution is -2.41. The molecule has 80 valence electrons. The third-order valence-electron chi connectivity index (χ3n) is 2.66. The molecular formula is C11H11BrO2S. The van der Waals surface area contributed by atoms with Crippen LogP contribution in [0.25, 0.3) is 0 Å². The highest BCUT2D eigenvalue weighted by molar-refractivity contribution is 9.10. The van der Waals surface area contributed by atoms with Crippen molar-refractivity contribution in [3.63, 3.8) is 0 Å². The van der Waals surface area contributed by atoms with Gasteiger partial charge in [0.1, 0.15) is 4.75 Å². The minimum atomic E-state index is -0.682. The molecule has 0 spiro atoms. The Bertz CT molecular complexity index is 388. The molecule has 0 saturated heterocycles. The molecule has 1 aliphatic carbocycles. The first-order valence-electron chi connectivity index (χ1n) is 4.80. The predicted octanol–water partition coefficient (Wildman–Crippen LogP) is 3.55. The molecule has 1 fully saturated rings. The molecule has 0 amide bonds. The summed E-state index contributed by atoms with van der Waals surface area (Å²) in [6, 6.07) is 7.80. The number of hydrogen-bond donors (Lipinski definition) is 1. The average molecular weight is 287 g/mol. The second-order valence-corrected chi connectivity index (χ2v) is 6.09. The van der Waals surface area contributed by atoms with Crippen LogP contribution in [-0.2, 0) is 4.79 Å². The van der Waals surface area contributed by atoms with Crippen molar-refractivity contribution >= 4 is 33.7 Å². The van der Waals surface area contributed by atoms with Gasteiger partial charge in [0.25, 0.3) is 0 Å². The highest BCUT2D eigenvalue weighted by Crippen LogP contribution is 2.48. The van der Waals surface area contributed by atoms with Crippen LogP contribution < -0.4 is 0 Å². The normalized spacial score (nSPS) is 18.2. The van der Waals surface area contributed by atoms with E-state index in [4.69, 9.17) is 0 Å². The maximum Gasteiger partial charge on any atom is 0.320 e. The number of hydrogen-bond acceptors (Lipinski definition) is 2. The number of aliphatic carboxylic acids is 1. The molecule has 0 aromatic heterocycles. The fourth-order valence-corrected chi connectivity index (χ4v) is 3.53. The summed E-state index contributed by atoms with van der Waals surface area (Å²) in [6.07, 6.45) is 2.58. The van der Waals surface area contributed by atoms with E-state index < -0.39 is 10.7 Å². The van der Waals surface area contributed by atoms with E-state index in [1.54, 1.807) is 0 Å². The SMILES string of the molecule is O=C(O)C1(Sc2cccc(Br)c2)CCC1. The minimum absolute atomic E-state index is 0.569. The van der Waals surface area contributed by atoms with Crippen molar-refractivity contribution in [2.24, 2.45) is 0 Å². The maximum absolute atomic E-state index is 11.2. The third-order valence-corrected chi connectivity index (χ3v) is 4.62. The average Bonchev–Trinajstić information content (AvgIpc) is 2.11. The first kappa shape index (κ1) is 11.0. The summed E-state index contributed by atoms with van der Waals surface area (Å²) in [7, 11) is 0. The Kier molecular flexibility index (Phi) is 3.07. The zero-order chi connectivity index (χ0) is 10.9. The van der Waals surface area contributed by atoms with E-state index in [-0.39, 0.29) is 0 Å². The van der Waals surface area contributed by atoms with Gasteiger partial charge in [0.2, 0.25) is 0 Å². The summed E-state index contributed by atoms with van der Waals surface area (Å²) in [4.78, 5) is 12.2. The topological polar surface area (TPSA) is 37.3 Å². The van der Waals surface area contributed by atoms with Crippen LogP contribution in [0.3, 0.4) is 0 Å². The zero-order valence-electron chi connectivity index (χ0n) is 8.07. The van der Waals surface area contributed by atoms with E-state index >= 15 is 0 Å². The van der Waals surface area contributed by atoms with Crippen LogP contribution in [0.5, 0.6) is 0 Å². The molecule has 0 bridgehead atoms. The van der Waals surface area contributed by atoms with Gasteiger partial charge in [-0.1, -0.05) is 22.0 Å². The molecule has 0 unspecified atom stereocenters. The number of halogens is 1. The predicted molar refractivity (Wildman–Crippen MR) is 64.2 cm³/mol. The van der Waals surface area contributed by atoms with Crippen molar-refractivity contribution in [1.29, 1.82) is 0 Å². The number of thioether (sulfide) groups is 1. The van der Waals surface area contributed by atoms with Gasteiger partial charge in [0.15, 0.2) is 0 Å². The number of benzene rings is 1. The lowest BCUT2D eigenvalue weighted by molar-refractivity contribution is -0.142. The highest BCUT2D eigenvalue weighted by Gasteiger charge is 2.45. The van der Waals surface area contributed by atoms with Crippen LogP contribution >= 0.6 is 27.7 Å². The molecule has 4 heteroatoms. The van der Waals surface area contributed by atoms with Crippen molar-refractivity contribution in [2.45, 2.75) is 28.9 Å². The Balaban J connectivity index is 2.17. The Morgan fingerprint density at radius 1 is 1.47 bits per heavy atom. The van der Waals surface area contributed by atoms with Crippen molar-refractivity contribution < 1.29 is 9.90 Å². The molecule has 2 nitrogen and oxygen atoms in total. The van der Waals surface area contributed by atoms with Crippen molar-refractivity contribution in [3.05, 3.63) is 28.7 Å². The summed E-state index contributed by atoms with van der Waals surface area (Å²) >= 11 is 4.86. The van der Waals surface area contributed by atoms with Gasteiger partial charge in [-0.2, -0.15) is 0 Å². The van der Waals surface area contributed by atoms with Gasteiger partial charge >= 0.3 is 5.97 Å². The smallest absolute Gasteiger partial charge is 0.320 e. The van der Waals surface area contributed by atoms with E-state index in [1.165, 1.54) is 11.8 Å². The molecule has 15 heavy (non-hydrogen) atoms. The Morgan fingerprint density at radius 2 is 2.20 bits per heavy atom.